The summed E-state index contributed by atoms with van der Waals surface area (Å²) < 4.78 is 164. The maximum Gasteiger partial charge on any atom is 0.210 e. The Morgan fingerprint density at radius 2 is 0.780 bits per heavy atom. The third kappa shape index (κ3) is 18.2. The molecule has 646 valence electrons. The zero-order valence-corrected chi connectivity index (χ0v) is 75.6. The van der Waals surface area contributed by atoms with Crippen molar-refractivity contribution in [3.8, 4) is 50.4 Å². The van der Waals surface area contributed by atoms with Crippen LogP contribution >= 0.6 is 86.3 Å². The Morgan fingerprint density at radius 3 is 1.24 bits per heavy atom. The molecule has 0 spiro atoms. The molecule has 0 fully saturated rings. The molecule has 0 radical (unpaired) electrons. The van der Waals surface area contributed by atoms with Gasteiger partial charge in [0.15, 0.2) is 22.9 Å². The van der Waals surface area contributed by atoms with E-state index in [1.54, 1.807) is 69.6 Å². The van der Waals surface area contributed by atoms with E-state index in [9.17, 15) is 63.5 Å². The number of halogens is 14. The molecule has 4 atom stereocenters. The third-order valence-corrected chi connectivity index (χ3v) is 23.0. The second kappa shape index (κ2) is 38.0. The van der Waals surface area contributed by atoms with E-state index in [-0.39, 0.29) is 136 Å². The third-order valence-electron chi connectivity index (χ3n) is 19.9. The average molecular weight is 2100 g/mol. The smallest absolute Gasteiger partial charge is 0.210 e. The largest absolute Gasteiger partial charge is 0.488 e. The highest BCUT2D eigenvalue weighted by atomic mass is 127. The lowest BCUT2D eigenvalue weighted by molar-refractivity contribution is 0.231. The number of nitrogens with two attached hydrogens (primary N) is 2. The van der Waals surface area contributed by atoms with Crippen molar-refractivity contribution >= 4 is 175 Å². The molecule has 0 aliphatic heterocycles. The van der Waals surface area contributed by atoms with E-state index in [1.807, 2.05) is 36.4 Å². The van der Waals surface area contributed by atoms with Crippen molar-refractivity contribution in [3.05, 3.63) is 340 Å². The minimum absolute atomic E-state index is 0.0220. The normalized spacial score (nSPS) is 12.3. The molecule has 0 aliphatic carbocycles. The first-order valence-corrected chi connectivity index (χ1v) is 42.9. The van der Waals surface area contributed by atoms with Gasteiger partial charge in [0.2, 0.25) is 27.1 Å². The number of hydrogen-bond donors (Lipinski definition) is 2. The molecule has 0 bridgehead atoms. The second-order valence-electron chi connectivity index (χ2n) is 28.6. The van der Waals surface area contributed by atoms with E-state index in [0.29, 0.717) is 71.9 Å². The molecule has 4 unspecified atom stereocenters. The Labute approximate surface area is 758 Å². The standard InChI is InChI=1S/C25H20BrF2N5O3.C22H14F2IN5O2.C17H11BrF2O2.C17H12F2O2.C11H7Br2FO2/c1-11(2)35-16-8-7-13(9-15(16)28)21-19-24(29)30-10-31-25(19)33(32-21)12(3)23-20(26)22(34)18-14(27)5-4-6-17(18)36-23;1-10(30-22-17(20(25)29-30)21(26)27-9-28-22)19-15(11-4-2-5-12(23)8-11)18(31)16-13(24)6-3-7-14(16)32-19;1-9(18)17-14(10-5-7-11(19)8-6-10)16(21)15-12(20)3-2-4-13(15)22-17;1-2-13-15(10-6-8-11(18)9-7-10)17(20)16-12(19)4-3-5-14(16)21-13;1-5(12)11-9(13)10(15)8-6(14)3-2-4-7(8)16-11/h4-12H,1-3H3,(H2,29,30,31);2-10H,1H3,(H2,26,27,28);2-9H,1H3;3-9H,2H2,1H3;2-5H,1H3. The summed E-state index contributed by atoms with van der Waals surface area (Å²) in [5.41, 5.74) is 14.0. The first-order chi connectivity index (χ1) is 60.6. The van der Waals surface area contributed by atoms with E-state index < -0.39 is 86.2 Å². The molecule has 0 saturated carbocycles. The number of hydrogen-bond acceptors (Lipinski definition) is 19. The molecule has 0 aliphatic rings. The maximum atomic E-state index is 14.8. The van der Waals surface area contributed by atoms with Crippen molar-refractivity contribution in [2.45, 2.75) is 82.7 Å². The van der Waals surface area contributed by atoms with Gasteiger partial charge in [0, 0.05) is 12.0 Å². The Bertz CT molecular complexity index is 7690. The average Bonchev–Trinajstić information content (AvgIpc) is 1.70. The first-order valence-electron chi connectivity index (χ1n) is 38.4. The number of aromatic nitrogens is 8. The molecule has 18 rings (SSSR count). The zero-order valence-electron chi connectivity index (χ0n) is 67.1. The number of nitrogens with zero attached hydrogens (tertiary/aromatic N) is 8. The van der Waals surface area contributed by atoms with Crippen LogP contribution < -0.4 is 43.3 Å². The number of rotatable bonds is 13. The van der Waals surface area contributed by atoms with Crippen LogP contribution in [0.5, 0.6) is 5.75 Å². The van der Waals surface area contributed by atoms with Crippen LogP contribution in [0.2, 0.25) is 0 Å². The fraction of sp³-hybridized carbons (Fsp3) is 0.141. The summed E-state index contributed by atoms with van der Waals surface area (Å²) in [7, 11) is 0. The lowest BCUT2D eigenvalue weighted by atomic mass is 9.99. The van der Waals surface area contributed by atoms with E-state index >= 15 is 0 Å². The second-order valence-corrected chi connectivity index (χ2v) is 33.9. The molecule has 0 saturated heterocycles. The van der Waals surface area contributed by atoms with Crippen LogP contribution in [-0.4, -0.2) is 45.6 Å². The van der Waals surface area contributed by atoms with E-state index in [2.05, 4.69) is 93.9 Å². The van der Waals surface area contributed by atoms with E-state index in [0.717, 1.165) is 0 Å². The highest BCUT2D eigenvalue weighted by molar-refractivity contribution is 14.1. The van der Waals surface area contributed by atoms with Gasteiger partial charge in [-0.1, -0.05) is 106 Å². The molecule has 4 N–H and O–H groups in total. The summed E-state index contributed by atoms with van der Waals surface area (Å²) in [5, 5.41) is 9.61. The number of anilines is 2. The van der Waals surface area contributed by atoms with Crippen LogP contribution in [-0.2, 0) is 6.42 Å². The molecule has 21 nitrogen and oxygen atoms in total. The number of aryl methyl sites for hydroxylation is 1. The van der Waals surface area contributed by atoms with Crippen LogP contribution in [0.3, 0.4) is 0 Å². The molecule has 18 aromatic rings. The topological polar surface area (TPSA) is 300 Å². The van der Waals surface area contributed by atoms with Gasteiger partial charge in [-0.3, -0.25) is 24.0 Å². The van der Waals surface area contributed by atoms with Gasteiger partial charge in [-0.05, 0) is 228 Å². The zero-order chi connectivity index (χ0) is 91.0. The van der Waals surface area contributed by atoms with Crippen LogP contribution in [0.25, 0.3) is 122 Å². The highest BCUT2D eigenvalue weighted by Crippen LogP contribution is 2.41. The first kappa shape index (κ1) is 90.8. The predicted octanol–water partition coefficient (Wildman–Crippen LogP) is 23.9. The van der Waals surface area contributed by atoms with E-state index in [1.165, 1.54) is 169 Å². The summed E-state index contributed by atoms with van der Waals surface area (Å²) >= 11 is 15.1. The van der Waals surface area contributed by atoms with Crippen molar-refractivity contribution in [3.63, 3.8) is 0 Å². The number of alkyl halides is 2. The van der Waals surface area contributed by atoms with Gasteiger partial charge in [-0.2, -0.15) is 10.2 Å². The minimum atomic E-state index is -0.715. The number of benzene rings is 9. The lowest BCUT2D eigenvalue weighted by Crippen LogP contribution is -2.17. The Hall–Kier alpha value is -12.5. The molecular formula is C92H64Br4F9IN10O11. The van der Waals surface area contributed by atoms with Crippen molar-refractivity contribution in [2.24, 2.45) is 0 Å². The van der Waals surface area contributed by atoms with Crippen molar-refractivity contribution in [1.29, 1.82) is 0 Å². The molecule has 127 heavy (non-hydrogen) atoms. The fourth-order valence-electron chi connectivity index (χ4n) is 14.0. The molecule has 0 amide bonds. The maximum absolute atomic E-state index is 14.8. The monoisotopic (exact) mass is 2100 g/mol. The summed E-state index contributed by atoms with van der Waals surface area (Å²) in [6.45, 7) is 12.6. The summed E-state index contributed by atoms with van der Waals surface area (Å²) in [6.07, 6.45) is 2.89. The molecule has 9 aromatic carbocycles. The van der Waals surface area contributed by atoms with E-state index in [4.69, 9.17) is 38.3 Å². The Balaban J connectivity index is 0.000000132. The molecular weight excluding hydrogens is 2040 g/mol. The van der Waals surface area contributed by atoms with Gasteiger partial charge in [0.05, 0.1) is 43.2 Å². The molecule has 9 heterocycles. The van der Waals surface area contributed by atoms with Gasteiger partial charge < -0.3 is 38.3 Å². The van der Waals surface area contributed by atoms with Gasteiger partial charge in [0.1, 0.15) is 185 Å². The van der Waals surface area contributed by atoms with Crippen LogP contribution in [0.4, 0.5) is 51.1 Å². The summed E-state index contributed by atoms with van der Waals surface area (Å²) in [5.74, 6) is -2.87. The van der Waals surface area contributed by atoms with Crippen LogP contribution in [0, 0.1) is 56.1 Å². The fourth-order valence-corrected chi connectivity index (χ4v) is 17.0. The van der Waals surface area contributed by atoms with Gasteiger partial charge in [-0.15, -0.1) is 0 Å². The molecule has 35 heteroatoms. The van der Waals surface area contributed by atoms with Crippen LogP contribution in [0.15, 0.2) is 250 Å². The highest BCUT2D eigenvalue weighted by Gasteiger charge is 2.31. The number of ether oxygens (including phenoxy) is 1. The minimum Gasteiger partial charge on any atom is -0.488 e. The summed E-state index contributed by atoms with van der Waals surface area (Å²) in [4.78, 5) is 80.0. The lowest BCUT2D eigenvalue weighted by Gasteiger charge is -2.17. The number of fused-ring (bicyclic) bond motifs is 7. The van der Waals surface area contributed by atoms with Gasteiger partial charge >= 0.3 is 0 Å². The van der Waals surface area contributed by atoms with Crippen molar-refractivity contribution in [2.75, 3.05) is 11.5 Å². The van der Waals surface area contributed by atoms with Gasteiger partial charge in [0.25, 0.3) is 0 Å². The summed E-state index contributed by atoms with van der Waals surface area (Å²) in [6, 6.07) is 40.8. The quantitative estimate of drug-likeness (QED) is 0.0615. The Morgan fingerprint density at radius 1 is 0.394 bits per heavy atom. The SMILES string of the molecule is CC(Br)c1oc2cccc(F)c2c(=O)c1-c1ccc(F)cc1.CC(Br)c1oc2cccc(F)c2c(=O)c1Br.CC(C)Oc1ccc(-c2nn(C(C)c3oc4cccc(F)c4c(=O)c3Br)c3ncnc(N)c23)cc1F.CC(c1oc2cccc(F)c2c(=O)c1-c1cccc(F)c1)n1nc(I)c2c(N)ncnc21.CCc1oc2cccc(F)c2c(=O)c1-c1ccc(F)cc1. The van der Waals surface area contributed by atoms with Gasteiger partial charge in [-0.25, -0.2) is 68.8 Å². The Kier molecular flexibility index (Phi) is 27.2. The van der Waals surface area contributed by atoms with Crippen LogP contribution in [0.1, 0.15) is 99.0 Å². The predicted molar refractivity (Wildman–Crippen MR) is 489 cm³/mol. The van der Waals surface area contributed by atoms with Crippen molar-refractivity contribution in [1.82, 2.24) is 39.5 Å². The van der Waals surface area contributed by atoms with Crippen molar-refractivity contribution < 1.29 is 66.3 Å². The molecule has 9 aromatic heterocycles. The number of nitrogen functional groups attached to an aromatic ring is 2.